The summed E-state index contributed by atoms with van der Waals surface area (Å²) in [6.45, 7) is 0.569. The fourth-order valence-electron chi connectivity index (χ4n) is 2.46. The van der Waals surface area contributed by atoms with Crippen molar-refractivity contribution in [2.75, 3.05) is 11.9 Å². The van der Waals surface area contributed by atoms with E-state index in [1.807, 2.05) is 0 Å². The van der Waals surface area contributed by atoms with Crippen LogP contribution in [0.4, 0.5) is 20.2 Å². The monoisotopic (exact) mass is 270 g/mol. The first-order valence-electron chi connectivity index (χ1n) is 6.45. The van der Waals surface area contributed by atoms with Gasteiger partial charge in [0.1, 0.15) is 5.82 Å². The number of nitro groups is 1. The lowest BCUT2D eigenvalue weighted by Crippen LogP contribution is -2.17. The van der Waals surface area contributed by atoms with Crippen molar-refractivity contribution in [1.29, 1.82) is 0 Å². The molecule has 0 radical (unpaired) electrons. The highest BCUT2D eigenvalue weighted by Crippen LogP contribution is 2.27. The number of nitro benzene ring substituents is 1. The van der Waals surface area contributed by atoms with Gasteiger partial charge in [-0.2, -0.15) is 4.39 Å². The number of benzene rings is 1. The summed E-state index contributed by atoms with van der Waals surface area (Å²) in [6.07, 6.45) is 5.72. The van der Waals surface area contributed by atoms with Crippen molar-refractivity contribution in [2.24, 2.45) is 5.92 Å². The van der Waals surface area contributed by atoms with E-state index in [9.17, 15) is 18.9 Å². The van der Waals surface area contributed by atoms with Gasteiger partial charge in [0.15, 0.2) is 0 Å². The van der Waals surface area contributed by atoms with Crippen LogP contribution in [0.5, 0.6) is 0 Å². The third-order valence-electron chi connectivity index (χ3n) is 3.54. The minimum Gasteiger partial charge on any atom is -0.382 e. The first-order chi connectivity index (χ1) is 9.08. The molecule has 1 aromatic rings. The summed E-state index contributed by atoms with van der Waals surface area (Å²) in [6, 6.07) is 1.48. The Bertz CT molecular complexity index is 474. The molecule has 6 heteroatoms. The van der Waals surface area contributed by atoms with Crippen molar-refractivity contribution in [1.82, 2.24) is 0 Å². The van der Waals surface area contributed by atoms with Crippen molar-refractivity contribution in [3.63, 3.8) is 0 Å². The van der Waals surface area contributed by atoms with E-state index >= 15 is 0 Å². The number of nitrogens with one attached hydrogen (secondary N) is 1. The summed E-state index contributed by atoms with van der Waals surface area (Å²) in [5.41, 5.74) is -0.703. The largest absolute Gasteiger partial charge is 0.382 e. The number of halogens is 2. The van der Waals surface area contributed by atoms with E-state index in [2.05, 4.69) is 5.32 Å². The maximum atomic E-state index is 13.5. The Morgan fingerprint density at radius 2 is 1.89 bits per heavy atom. The Hall–Kier alpha value is -1.72. The third-order valence-corrected chi connectivity index (χ3v) is 3.54. The van der Waals surface area contributed by atoms with E-state index in [-0.39, 0.29) is 5.69 Å². The summed E-state index contributed by atoms with van der Waals surface area (Å²) in [4.78, 5) is 9.76. The average molecular weight is 270 g/mol. The molecule has 1 aliphatic rings. The summed E-state index contributed by atoms with van der Waals surface area (Å²) in [7, 11) is 0. The van der Waals surface area contributed by atoms with Crippen LogP contribution in [0.3, 0.4) is 0 Å². The normalized spacial score (nSPS) is 16.3. The van der Waals surface area contributed by atoms with Gasteiger partial charge in [-0.1, -0.05) is 19.3 Å². The molecule has 0 saturated heterocycles. The molecule has 0 aromatic heterocycles. The van der Waals surface area contributed by atoms with Gasteiger partial charge in [0.05, 0.1) is 10.6 Å². The summed E-state index contributed by atoms with van der Waals surface area (Å²) in [5.74, 6) is -1.48. The number of hydrogen-bond acceptors (Lipinski definition) is 3. The summed E-state index contributed by atoms with van der Waals surface area (Å²) < 4.78 is 26.7. The average Bonchev–Trinajstić information content (AvgIpc) is 2.38. The fraction of sp³-hybridized carbons (Fsp3) is 0.538. The number of anilines is 1. The summed E-state index contributed by atoms with van der Waals surface area (Å²) in [5, 5.41) is 13.5. The molecule has 0 heterocycles. The molecule has 19 heavy (non-hydrogen) atoms. The second-order valence-corrected chi connectivity index (χ2v) is 4.93. The van der Waals surface area contributed by atoms with Crippen LogP contribution < -0.4 is 5.32 Å². The van der Waals surface area contributed by atoms with Crippen molar-refractivity contribution < 1.29 is 13.7 Å². The molecule has 0 aliphatic heterocycles. The van der Waals surface area contributed by atoms with Gasteiger partial charge in [-0.3, -0.25) is 10.1 Å². The molecular weight excluding hydrogens is 254 g/mol. The van der Waals surface area contributed by atoms with Crippen LogP contribution in [0, 0.1) is 27.7 Å². The minimum absolute atomic E-state index is 0.00123. The molecule has 0 unspecified atom stereocenters. The molecule has 1 saturated carbocycles. The molecule has 1 aliphatic carbocycles. The molecule has 104 valence electrons. The lowest BCUT2D eigenvalue weighted by molar-refractivity contribution is -0.387. The van der Waals surface area contributed by atoms with Crippen LogP contribution in [0.15, 0.2) is 12.1 Å². The Kier molecular flexibility index (Phi) is 4.29. The van der Waals surface area contributed by atoms with Crippen LogP contribution in [0.1, 0.15) is 32.1 Å². The van der Waals surface area contributed by atoms with Gasteiger partial charge >= 0.3 is 5.69 Å². The zero-order valence-electron chi connectivity index (χ0n) is 10.5. The summed E-state index contributed by atoms with van der Waals surface area (Å²) >= 11 is 0. The second kappa shape index (κ2) is 5.95. The molecule has 0 bridgehead atoms. The van der Waals surface area contributed by atoms with Gasteiger partial charge < -0.3 is 5.32 Å². The molecule has 1 N–H and O–H groups in total. The van der Waals surface area contributed by atoms with Gasteiger partial charge in [-0.05, 0) is 18.8 Å². The maximum absolute atomic E-state index is 13.5. The second-order valence-electron chi connectivity index (χ2n) is 4.93. The first-order valence-corrected chi connectivity index (χ1v) is 6.45. The van der Waals surface area contributed by atoms with Gasteiger partial charge in [-0.15, -0.1) is 0 Å². The van der Waals surface area contributed by atoms with Crippen molar-refractivity contribution in [3.8, 4) is 0 Å². The standard InChI is InChI=1S/C13H16F2N2O2/c14-10-6-11(15)13(17(18)19)7-12(10)16-8-9-4-2-1-3-5-9/h6-7,9,16H,1-5,8H2. The molecule has 0 spiro atoms. The Labute approximate surface area is 110 Å². The highest BCUT2D eigenvalue weighted by Gasteiger charge is 2.19. The molecule has 0 amide bonds. The van der Waals surface area contributed by atoms with Crippen molar-refractivity contribution in [2.45, 2.75) is 32.1 Å². The van der Waals surface area contributed by atoms with Crippen LogP contribution in [-0.4, -0.2) is 11.5 Å². The van der Waals surface area contributed by atoms with E-state index in [0.717, 1.165) is 18.9 Å². The smallest absolute Gasteiger partial charge is 0.307 e. The number of hydrogen-bond donors (Lipinski definition) is 1. The fourth-order valence-corrected chi connectivity index (χ4v) is 2.46. The van der Waals surface area contributed by atoms with Gasteiger partial charge in [0.25, 0.3) is 0 Å². The maximum Gasteiger partial charge on any atom is 0.307 e. The Balaban J connectivity index is 2.06. The Morgan fingerprint density at radius 1 is 1.21 bits per heavy atom. The Morgan fingerprint density at radius 3 is 2.53 bits per heavy atom. The quantitative estimate of drug-likeness (QED) is 0.667. The molecular formula is C13H16F2N2O2. The topological polar surface area (TPSA) is 55.2 Å². The molecule has 2 rings (SSSR count). The number of nitrogens with zero attached hydrogens (tertiary/aromatic N) is 1. The van der Waals surface area contributed by atoms with Crippen LogP contribution >= 0.6 is 0 Å². The third kappa shape index (κ3) is 3.39. The zero-order chi connectivity index (χ0) is 13.8. The van der Waals surface area contributed by atoms with E-state index in [4.69, 9.17) is 0 Å². The van der Waals surface area contributed by atoms with E-state index in [1.165, 1.54) is 19.3 Å². The van der Waals surface area contributed by atoms with Gasteiger partial charge in [0.2, 0.25) is 5.82 Å². The van der Waals surface area contributed by atoms with E-state index in [0.29, 0.717) is 18.5 Å². The minimum atomic E-state index is -1.15. The highest BCUT2D eigenvalue weighted by atomic mass is 19.1. The molecule has 0 atom stereocenters. The lowest BCUT2D eigenvalue weighted by atomic mass is 9.89. The van der Waals surface area contributed by atoms with Crippen LogP contribution in [0.25, 0.3) is 0 Å². The SMILES string of the molecule is O=[N+]([O-])c1cc(NCC2CCCCC2)c(F)cc1F. The van der Waals surface area contributed by atoms with E-state index in [1.54, 1.807) is 0 Å². The number of rotatable bonds is 4. The van der Waals surface area contributed by atoms with Crippen molar-refractivity contribution >= 4 is 11.4 Å². The zero-order valence-corrected chi connectivity index (χ0v) is 10.5. The van der Waals surface area contributed by atoms with Crippen LogP contribution in [-0.2, 0) is 0 Å². The first kappa shape index (κ1) is 13.7. The van der Waals surface area contributed by atoms with Crippen molar-refractivity contribution in [3.05, 3.63) is 33.9 Å². The predicted octanol–water partition coefficient (Wildman–Crippen LogP) is 3.87. The van der Waals surface area contributed by atoms with Crippen LogP contribution in [0.2, 0.25) is 0 Å². The van der Waals surface area contributed by atoms with Gasteiger partial charge in [-0.25, -0.2) is 4.39 Å². The molecule has 4 nitrogen and oxygen atoms in total. The van der Waals surface area contributed by atoms with Gasteiger partial charge in [0, 0.05) is 18.7 Å². The molecule has 1 aromatic carbocycles. The lowest BCUT2D eigenvalue weighted by Gasteiger charge is -2.22. The molecule has 1 fully saturated rings. The van der Waals surface area contributed by atoms with E-state index < -0.39 is 22.2 Å². The highest BCUT2D eigenvalue weighted by molar-refractivity contribution is 5.53. The predicted molar refractivity (Wildman–Crippen MR) is 68.1 cm³/mol.